The first kappa shape index (κ1) is 46.7. The van der Waals surface area contributed by atoms with E-state index < -0.39 is 18.3 Å². The lowest BCUT2D eigenvalue weighted by Gasteiger charge is -2.56. The number of carbonyl (C=O) groups is 3. The van der Waals surface area contributed by atoms with E-state index in [2.05, 4.69) is 25.2 Å². The summed E-state index contributed by atoms with van der Waals surface area (Å²) in [5.41, 5.74) is 4.14. The van der Waals surface area contributed by atoms with Crippen LogP contribution in [0.1, 0.15) is 144 Å². The molecule has 3 saturated carbocycles. The summed E-state index contributed by atoms with van der Waals surface area (Å²) in [6.07, 6.45) is 14.5. The average molecular weight is 751 g/mol. The van der Waals surface area contributed by atoms with Gasteiger partial charge in [-0.25, -0.2) is 4.79 Å². The van der Waals surface area contributed by atoms with Crippen LogP contribution in [0, 0.1) is 58.7 Å². The van der Waals surface area contributed by atoms with Crippen LogP contribution >= 0.6 is 0 Å². The Kier molecular flexibility index (Phi) is 19.2. The highest BCUT2D eigenvalue weighted by molar-refractivity contribution is 5.94. The number of allylic oxidation sites excluding steroid dienone is 3. The summed E-state index contributed by atoms with van der Waals surface area (Å²) in [5.74, 6) is 1.65. The number of phenolic OH excluding ortho intramolecular Hbond substituents is 1. The predicted molar refractivity (Wildman–Crippen MR) is 215 cm³/mol. The fourth-order valence-electron chi connectivity index (χ4n) is 8.93. The van der Waals surface area contributed by atoms with E-state index in [-0.39, 0.29) is 34.7 Å². The number of aromatic hydroxyl groups is 1. The summed E-state index contributed by atoms with van der Waals surface area (Å²) in [6.45, 7) is 18.6. The molecule has 0 aliphatic heterocycles. The number of rotatable bonds is 10. The molecular formula is C45H70N2O7. The number of nitrogens with one attached hydrogen (secondary N) is 1. The highest BCUT2D eigenvalue weighted by Gasteiger charge is 2.58. The molecule has 9 nitrogen and oxygen atoms in total. The van der Waals surface area contributed by atoms with Crippen molar-refractivity contribution in [1.29, 1.82) is 5.26 Å². The number of carbonyl (C=O) groups excluding carboxylic acids is 3. The van der Waals surface area contributed by atoms with Crippen molar-refractivity contribution in [2.45, 2.75) is 152 Å². The number of hydrogen-bond donors (Lipinski definition) is 4. The second-order valence-corrected chi connectivity index (χ2v) is 16.5. The lowest BCUT2D eigenvalue weighted by molar-refractivity contribution is -0.142. The van der Waals surface area contributed by atoms with Gasteiger partial charge in [-0.15, -0.1) is 0 Å². The second-order valence-electron chi connectivity index (χ2n) is 16.5. The molecule has 0 saturated heterocycles. The Hall–Kier alpha value is -3.48. The molecule has 1 amide bonds. The molecule has 5 rings (SSSR count). The summed E-state index contributed by atoms with van der Waals surface area (Å²) < 4.78 is 5.25. The van der Waals surface area contributed by atoms with Crippen LogP contribution in [-0.2, 0) is 14.3 Å². The number of aliphatic hydroxyl groups excluding tert-OH is 2. The number of unbranched alkanes of at least 4 members (excludes halogenated alkanes) is 1. The molecule has 9 heteroatoms. The molecule has 302 valence electrons. The minimum absolute atomic E-state index is 0.0764. The number of phenols is 1. The van der Waals surface area contributed by atoms with Gasteiger partial charge in [-0.3, -0.25) is 10.1 Å². The number of nitrogens with zero attached hydrogens (tertiary/aromatic N) is 1. The molecule has 54 heavy (non-hydrogen) atoms. The molecule has 1 aromatic rings. The monoisotopic (exact) mass is 751 g/mol. The van der Waals surface area contributed by atoms with Crippen molar-refractivity contribution in [2.24, 2.45) is 40.4 Å². The van der Waals surface area contributed by atoms with Gasteiger partial charge in [0, 0.05) is 24.0 Å². The molecule has 4 aliphatic rings. The van der Waals surface area contributed by atoms with Gasteiger partial charge in [0.25, 0.3) is 0 Å². The maximum atomic E-state index is 12.8. The quantitative estimate of drug-likeness (QED) is 0.172. The van der Waals surface area contributed by atoms with Gasteiger partial charge >= 0.3 is 6.09 Å². The molecule has 0 heterocycles. The number of hydrogen-bond acceptors (Lipinski definition) is 8. The van der Waals surface area contributed by atoms with Crippen LogP contribution in [0.25, 0.3) is 6.08 Å². The molecule has 0 spiro atoms. The maximum Gasteiger partial charge on any atom is 0.411 e. The molecule has 4 aliphatic carbocycles. The maximum absolute atomic E-state index is 12.8. The summed E-state index contributed by atoms with van der Waals surface area (Å²) in [5, 5.41) is 41.1. The second kappa shape index (κ2) is 22.2. The zero-order valence-corrected chi connectivity index (χ0v) is 34.6. The van der Waals surface area contributed by atoms with Crippen LogP contribution in [0.5, 0.6) is 5.75 Å². The number of fused-ring (bicyclic) bond motifs is 5. The smallest absolute Gasteiger partial charge is 0.411 e. The van der Waals surface area contributed by atoms with E-state index in [1.807, 2.05) is 53.7 Å². The van der Waals surface area contributed by atoms with E-state index in [1.165, 1.54) is 31.3 Å². The zero-order chi connectivity index (χ0) is 40.6. The molecule has 9 unspecified atom stereocenters. The number of nitriles is 1. The van der Waals surface area contributed by atoms with E-state index in [9.17, 15) is 29.7 Å². The lowest BCUT2D eigenvalue weighted by atomic mass is 9.48. The Morgan fingerprint density at radius 1 is 1.09 bits per heavy atom. The van der Waals surface area contributed by atoms with E-state index in [0.29, 0.717) is 48.8 Å². The average Bonchev–Trinajstić information content (AvgIpc) is 3.53. The van der Waals surface area contributed by atoms with E-state index >= 15 is 0 Å². The van der Waals surface area contributed by atoms with Crippen LogP contribution in [0.4, 0.5) is 4.79 Å². The highest BCUT2D eigenvalue weighted by Crippen LogP contribution is 2.63. The number of ketones is 1. The van der Waals surface area contributed by atoms with Crippen LogP contribution in [-0.4, -0.2) is 52.3 Å². The Morgan fingerprint density at radius 2 is 1.80 bits per heavy atom. The number of aliphatic hydroxyl groups is 2. The Labute approximate surface area is 325 Å². The molecular weight excluding hydrogens is 681 g/mol. The van der Waals surface area contributed by atoms with Crippen LogP contribution in [0.15, 0.2) is 35.5 Å². The standard InChI is InChI=1S/C20H28N2O3.C19H28O3.C4H8O.C2H6/c1-14(12-21)6-5-7-15(2)13-25-20(24)22-17(4)11-18-8-9-19(23)10-16(18)3;1-18-6-3-4-12(18)11-8-15(20)14-9-16(21)17(22)10-19(14,2)13(11)5-7-18;1-2-3-4-5;1-2/h8-11,14-15,23H,5-7,13H2,1-4H3,(H,22,24);8,12-14,16-17,21-22H,3-7,9-10H2,1-2H3;4H,2-3H2,1H3;1-2H3/b17-11+;;;. The molecule has 0 aromatic heterocycles. The lowest BCUT2D eigenvalue weighted by Crippen LogP contribution is -2.55. The summed E-state index contributed by atoms with van der Waals surface area (Å²) in [4.78, 5) is 34.0. The number of alkyl carbamates (subject to hydrolysis) is 1. The van der Waals surface area contributed by atoms with Gasteiger partial charge in [0.05, 0.1) is 24.9 Å². The molecule has 3 fully saturated rings. The zero-order valence-electron chi connectivity index (χ0n) is 34.6. The summed E-state index contributed by atoms with van der Waals surface area (Å²) in [6, 6.07) is 7.30. The van der Waals surface area contributed by atoms with Crippen LogP contribution < -0.4 is 5.32 Å². The Balaban J connectivity index is 0.000000320. The first-order valence-electron chi connectivity index (χ1n) is 20.4. The third kappa shape index (κ3) is 12.8. The van der Waals surface area contributed by atoms with Gasteiger partial charge in [0.2, 0.25) is 0 Å². The molecule has 9 atom stereocenters. The fraction of sp³-hybridized carbons (Fsp3) is 0.689. The highest BCUT2D eigenvalue weighted by atomic mass is 16.5. The van der Waals surface area contributed by atoms with Gasteiger partial charge < -0.3 is 24.9 Å². The first-order chi connectivity index (χ1) is 25.6. The van der Waals surface area contributed by atoms with Crippen molar-refractivity contribution in [3.05, 3.63) is 46.7 Å². The van der Waals surface area contributed by atoms with Gasteiger partial charge in [0.1, 0.15) is 12.0 Å². The number of aldehydes is 1. The SMILES string of the molecule is C/C(=C\c1ccc(O)cc1C)NC(=O)OCC(C)CCCC(C)C#N.CC.CC12CCCC1C1=CC(=O)C3CC(O)C(O)CC3(C)C1CC2.CCCC=O. The number of benzene rings is 1. The van der Waals surface area contributed by atoms with E-state index in [1.54, 1.807) is 25.1 Å². The minimum atomic E-state index is -0.739. The largest absolute Gasteiger partial charge is 0.508 e. The number of aryl methyl sites for hydroxylation is 1. The Bertz CT molecular complexity index is 1480. The summed E-state index contributed by atoms with van der Waals surface area (Å²) in [7, 11) is 0. The molecule has 0 bridgehead atoms. The van der Waals surface area contributed by atoms with Crippen molar-refractivity contribution in [3.63, 3.8) is 0 Å². The van der Waals surface area contributed by atoms with Gasteiger partial charge in [-0.1, -0.05) is 66.0 Å². The fourth-order valence-corrected chi connectivity index (χ4v) is 8.93. The molecule has 1 aromatic carbocycles. The minimum Gasteiger partial charge on any atom is -0.508 e. The third-order valence-electron chi connectivity index (χ3n) is 12.1. The summed E-state index contributed by atoms with van der Waals surface area (Å²) >= 11 is 0. The normalized spacial score (nSPS) is 29.2. The van der Waals surface area contributed by atoms with Crippen molar-refractivity contribution in [2.75, 3.05) is 6.61 Å². The van der Waals surface area contributed by atoms with Crippen molar-refractivity contribution >= 4 is 24.2 Å². The number of amides is 1. The van der Waals surface area contributed by atoms with Gasteiger partial charge in [0.15, 0.2) is 5.78 Å². The Morgan fingerprint density at radius 3 is 2.41 bits per heavy atom. The van der Waals surface area contributed by atoms with Gasteiger partial charge in [-0.05, 0) is 143 Å². The molecule has 4 N–H and O–H groups in total. The van der Waals surface area contributed by atoms with Crippen LogP contribution in [0.2, 0.25) is 0 Å². The topological polar surface area (TPSA) is 157 Å². The molecule has 0 radical (unpaired) electrons. The van der Waals surface area contributed by atoms with E-state index in [0.717, 1.165) is 49.5 Å². The predicted octanol–water partition coefficient (Wildman–Crippen LogP) is 9.62. The van der Waals surface area contributed by atoms with E-state index in [4.69, 9.17) is 10.00 Å². The van der Waals surface area contributed by atoms with Crippen LogP contribution in [0.3, 0.4) is 0 Å². The van der Waals surface area contributed by atoms with Gasteiger partial charge in [-0.2, -0.15) is 5.26 Å². The third-order valence-corrected chi connectivity index (χ3v) is 12.1. The van der Waals surface area contributed by atoms with Crippen molar-refractivity contribution < 1.29 is 34.4 Å². The number of ether oxygens (including phenoxy) is 1. The first-order valence-corrected chi connectivity index (χ1v) is 20.4. The van der Waals surface area contributed by atoms with Crippen molar-refractivity contribution in [3.8, 4) is 11.8 Å². The van der Waals surface area contributed by atoms with Crippen molar-refractivity contribution in [1.82, 2.24) is 5.32 Å².